The van der Waals surface area contributed by atoms with Crippen molar-refractivity contribution in [2.24, 2.45) is 7.05 Å². The van der Waals surface area contributed by atoms with Gasteiger partial charge in [-0.1, -0.05) is 6.07 Å². The van der Waals surface area contributed by atoms with Gasteiger partial charge in [0.1, 0.15) is 0 Å². The highest BCUT2D eigenvalue weighted by atomic mass is 15.3. The van der Waals surface area contributed by atoms with Crippen LogP contribution in [0.15, 0.2) is 30.5 Å². The van der Waals surface area contributed by atoms with E-state index in [1.54, 1.807) is 6.20 Å². The first-order valence-corrected chi connectivity index (χ1v) is 4.97. The van der Waals surface area contributed by atoms with Gasteiger partial charge >= 0.3 is 0 Å². The van der Waals surface area contributed by atoms with Crippen LogP contribution in [0.25, 0.3) is 22.2 Å². The highest BCUT2D eigenvalue weighted by Crippen LogP contribution is 2.25. The summed E-state index contributed by atoms with van der Waals surface area (Å²) in [6, 6.07) is 7.99. The van der Waals surface area contributed by atoms with Crippen molar-refractivity contribution in [1.29, 1.82) is 0 Å². The normalized spacial score (nSPS) is 11.1. The van der Waals surface area contributed by atoms with E-state index in [2.05, 4.69) is 15.3 Å². The van der Waals surface area contributed by atoms with E-state index in [0.29, 0.717) is 5.82 Å². The van der Waals surface area contributed by atoms with Crippen molar-refractivity contribution in [3.8, 4) is 11.3 Å². The number of aromatic amines is 1. The maximum absolute atomic E-state index is 5.77. The maximum atomic E-state index is 5.77. The number of aromatic nitrogens is 4. The summed E-state index contributed by atoms with van der Waals surface area (Å²) in [7, 11) is 1.91. The second kappa shape index (κ2) is 3.10. The Kier molecular flexibility index (Phi) is 1.73. The number of benzene rings is 1. The van der Waals surface area contributed by atoms with Crippen LogP contribution in [0.3, 0.4) is 0 Å². The minimum absolute atomic E-state index is 0.527. The molecule has 0 saturated carbocycles. The van der Waals surface area contributed by atoms with Crippen LogP contribution in [0.4, 0.5) is 5.82 Å². The lowest BCUT2D eigenvalue weighted by molar-refractivity contribution is 0.776. The molecule has 0 aliphatic carbocycles. The van der Waals surface area contributed by atoms with Crippen molar-refractivity contribution < 1.29 is 0 Å². The number of nitrogens with one attached hydrogen (secondary N) is 1. The number of nitrogens with zero attached hydrogens (tertiary/aromatic N) is 3. The largest absolute Gasteiger partial charge is 0.382 e. The van der Waals surface area contributed by atoms with E-state index in [4.69, 9.17) is 5.73 Å². The van der Waals surface area contributed by atoms with Crippen molar-refractivity contribution in [2.75, 3.05) is 5.73 Å². The summed E-state index contributed by atoms with van der Waals surface area (Å²) < 4.78 is 1.83. The molecular formula is C11H11N5. The van der Waals surface area contributed by atoms with E-state index in [0.717, 1.165) is 22.2 Å². The minimum Gasteiger partial charge on any atom is -0.382 e. The molecule has 80 valence electrons. The fourth-order valence-electron chi connectivity index (χ4n) is 1.85. The van der Waals surface area contributed by atoms with Gasteiger partial charge in [0.05, 0.1) is 11.2 Å². The number of nitrogens with two attached hydrogens (primary N) is 1. The second-order valence-corrected chi connectivity index (χ2v) is 3.71. The molecule has 2 aromatic heterocycles. The summed E-state index contributed by atoms with van der Waals surface area (Å²) in [5.74, 6) is 0.527. The van der Waals surface area contributed by atoms with Crippen LogP contribution in [0.5, 0.6) is 0 Å². The van der Waals surface area contributed by atoms with Crippen molar-refractivity contribution in [3.05, 3.63) is 30.5 Å². The first-order valence-electron chi connectivity index (χ1n) is 4.97. The Labute approximate surface area is 91.9 Å². The van der Waals surface area contributed by atoms with Gasteiger partial charge in [0.25, 0.3) is 0 Å². The van der Waals surface area contributed by atoms with Gasteiger partial charge in [-0.25, -0.2) is 0 Å². The van der Waals surface area contributed by atoms with E-state index < -0.39 is 0 Å². The molecule has 0 bridgehead atoms. The molecule has 0 aliphatic rings. The highest BCUT2D eigenvalue weighted by Gasteiger charge is 2.06. The number of fused-ring (bicyclic) bond motifs is 1. The Balaban J connectivity index is 2.25. The monoisotopic (exact) mass is 213 g/mol. The van der Waals surface area contributed by atoms with Crippen LogP contribution in [0.2, 0.25) is 0 Å². The Morgan fingerprint density at radius 1 is 1.31 bits per heavy atom. The molecule has 2 heterocycles. The molecule has 3 rings (SSSR count). The number of anilines is 1. The molecule has 0 saturated heterocycles. The number of hydrogen-bond donors (Lipinski definition) is 2. The SMILES string of the molecule is Cn1nccc1-c1ccc2[nH]nc(N)c2c1. The molecule has 3 aromatic rings. The van der Waals surface area contributed by atoms with Gasteiger partial charge in [0.15, 0.2) is 5.82 Å². The number of nitrogen functional groups attached to an aromatic ring is 1. The third-order valence-electron chi connectivity index (χ3n) is 2.71. The Hall–Kier alpha value is -2.30. The van der Waals surface area contributed by atoms with Gasteiger partial charge in [-0.2, -0.15) is 10.2 Å². The number of H-pyrrole nitrogens is 1. The molecule has 16 heavy (non-hydrogen) atoms. The lowest BCUT2D eigenvalue weighted by atomic mass is 10.1. The lowest BCUT2D eigenvalue weighted by Crippen LogP contribution is -1.93. The topological polar surface area (TPSA) is 72.5 Å². The standard InChI is InChI=1S/C11H11N5/c1-16-10(4-5-13-16)7-2-3-9-8(6-7)11(12)15-14-9/h2-6H,1H3,(H3,12,14,15). The minimum atomic E-state index is 0.527. The van der Waals surface area contributed by atoms with Crippen LogP contribution < -0.4 is 5.73 Å². The van der Waals surface area contributed by atoms with Crippen LogP contribution in [0, 0.1) is 0 Å². The molecule has 0 radical (unpaired) electrons. The Bertz CT molecular complexity index is 649. The van der Waals surface area contributed by atoms with Gasteiger partial charge in [-0.15, -0.1) is 0 Å². The van der Waals surface area contributed by atoms with E-state index in [1.807, 2.05) is 36.0 Å². The number of hydrogen-bond acceptors (Lipinski definition) is 3. The highest BCUT2D eigenvalue weighted by molar-refractivity contribution is 5.91. The first kappa shape index (κ1) is 8.96. The second-order valence-electron chi connectivity index (χ2n) is 3.71. The molecule has 0 spiro atoms. The van der Waals surface area contributed by atoms with Crippen molar-refractivity contribution in [3.63, 3.8) is 0 Å². The predicted octanol–water partition coefficient (Wildman–Crippen LogP) is 1.55. The fourth-order valence-corrected chi connectivity index (χ4v) is 1.85. The number of aryl methyl sites for hydroxylation is 1. The lowest BCUT2D eigenvalue weighted by Gasteiger charge is -2.02. The fraction of sp³-hybridized carbons (Fsp3) is 0.0909. The van der Waals surface area contributed by atoms with Gasteiger partial charge < -0.3 is 5.73 Å². The summed E-state index contributed by atoms with van der Waals surface area (Å²) in [5.41, 5.74) is 8.86. The van der Waals surface area contributed by atoms with E-state index in [-0.39, 0.29) is 0 Å². The van der Waals surface area contributed by atoms with Gasteiger partial charge in [0, 0.05) is 24.2 Å². The van der Waals surface area contributed by atoms with Gasteiger partial charge in [0.2, 0.25) is 0 Å². The average Bonchev–Trinajstić information content (AvgIpc) is 2.86. The van der Waals surface area contributed by atoms with Crippen molar-refractivity contribution in [2.45, 2.75) is 0 Å². The predicted molar refractivity (Wildman–Crippen MR) is 62.7 cm³/mol. The van der Waals surface area contributed by atoms with Crippen LogP contribution in [-0.4, -0.2) is 20.0 Å². The van der Waals surface area contributed by atoms with Crippen molar-refractivity contribution >= 4 is 16.7 Å². The summed E-state index contributed by atoms with van der Waals surface area (Å²) in [5, 5.41) is 11.9. The van der Waals surface area contributed by atoms with Crippen molar-refractivity contribution in [1.82, 2.24) is 20.0 Å². The van der Waals surface area contributed by atoms with Crippen LogP contribution >= 0.6 is 0 Å². The van der Waals surface area contributed by atoms with Crippen LogP contribution in [0.1, 0.15) is 0 Å². The summed E-state index contributed by atoms with van der Waals surface area (Å²) in [4.78, 5) is 0. The Morgan fingerprint density at radius 2 is 2.19 bits per heavy atom. The quantitative estimate of drug-likeness (QED) is 0.644. The zero-order chi connectivity index (χ0) is 11.1. The molecule has 0 unspecified atom stereocenters. The molecular weight excluding hydrogens is 202 g/mol. The zero-order valence-corrected chi connectivity index (χ0v) is 8.81. The maximum Gasteiger partial charge on any atom is 0.153 e. The smallest absolute Gasteiger partial charge is 0.153 e. The Morgan fingerprint density at radius 3 is 2.94 bits per heavy atom. The van der Waals surface area contributed by atoms with E-state index >= 15 is 0 Å². The molecule has 0 fully saturated rings. The molecule has 0 aliphatic heterocycles. The first-order chi connectivity index (χ1) is 7.75. The van der Waals surface area contributed by atoms with Gasteiger partial charge in [-0.3, -0.25) is 9.78 Å². The molecule has 0 atom stereocenters. The molecule has 5 heteroatoms. The zero-order valence-electron chi connectivity index (χ0n) is 8.81. The third-order valence-corrected chi connectivity index (χ3v) is 2.71. The van der Waals surface area contributed by atoms with Gasteiger partial charge in [-0.05, 0) is 18.2 Å². The molecule has 5 nitrogen and oxygen atoms in total. The third kappa shape index (κ3) is 1.18. The molecule has 0 amide bonds. The molecule has 1 aromatic carbocycles. The van der Waals surface area contributed by atoms with Crippen LogP contribution in [-0.2, 0) is 7.05 Å². The average molecular weight is 213 g/mol. The summed E-state index contributed by atoms with van der Waals surface area (Å²) >= 11 is 0. The van der Waals surface area contributed by atoms with E-state index in [1.165, 1.54) is 0 Å². The summed E-state index contributed by atoms with van der Waals surface area (Å²) in [6.45, 7) is 0. The number of rotatable bonds is 1. The molecule has 3 N–H and O–H groups in total. The summed E-state index contributed by atoms with van der Waals surface area (Å²) in [6.07, 6.45) is 1.78. The van der Waals surface area contributed by atoms with E-state index in [9.17, 15) is 0 Å².